The SMILES string of the molecule is O=C(CNc1ncc(C(F)(F)F)s1)N1CCCCC1. The first-order chi connectivity index (χ1) is 8.97. The van der Waals surface area contributed by atoms with Crippen LogP contribution in [-0.2, 0) is 11.0 Å². The van der Waals surface area contributed by atoms with Crippen LogP contribution in [0.5, 0.6) is 0 Å². The Morgan fingerprint density at radius 3 is 2.63 bits per heavy atom. The fourth-order valence-electron chi connectivity index (χ4n) is 1.89. The predicted molar refractivity (Wildman–Crippen MR) is 66.0 cm³/mol. The molecule has 1 fully saturated rings. The van der Waals surface area contributed by atoms with Crippen molar-refractivity contribution in [1.82, 2.24) is 9.88 Å². The van der Waals surface area contributed by atoms with Crippen LogP contribution >= 0.6 is 11.3 Å². The van der Waals surface area contributed by atoms with Gasteiger partial charge in [-0.05, 0) is 19.3 Å². The lowest BCUT2D eigenvalue weighted by atomic mass is 10.1. The molecule has 0 unspecified atom stereocenters. The smallest absolute Gasteiger partial charge is 0.352 e. The average molecular weight is 293 g/mol. The number of amides is 1. The number of carbonyl (C=O) groups excluding carboxylic acids is 1. The van der Waals surface area contributed by atoms with Gasteiger partial charge in [0.1, 0.15) is 4.88 Å². The highest BCUT2D eigenvalue weighted by Gasteiger charge is 2.33. The van der Waals surface area contributed by atoms with Crippen molar-refractivity contribution in [2.75, 3.05) is 25.0 Å². The van der Waals surface area contributed by atoms with Crippen molar-refractivity contribution in [2.24, 2.45) is 0 Å². The number of hydrogen-bond donors (Lipinski definition) is 1. The molecule has 1 aliphatic heterocycles. The first-order valence-corrected chi connectivity index (χ1v) is 6.83. The summed E-state index contributed by atoms with van der Waals surface area (Å²) < 4.78 is 37.1. The highest BCUT2D eigenvalue weighted by Crippen LogP contribution is 2.34. The normalized spacial score (nSPS) is 16.5. The lowest BCUT2D eigenvalue weighted by Crippen LogP contribution is -2.39. The maximum Gasteiger partial charge on any atom is 0.427 e. The van der Waals surface area contributed by atoms with Gasteiger partial charge in [0.05, 0.1) is 12.7 Å². The van der Waals surface area contributed by atoms with Crippen LogP contribution in [0.25, 0.3) is 0 Å². The Kier molecular flexibility index (Phi) is 4.28. The second kappa shape index (κ2) is 5.77. The molecule has 19 heavy (non-hydrogen) atoms. The minimum Gasteiger partial charge on any atom is -0.352 e. The summed E-state index contributed by atoms with van der Waals surface area (Å²) in [7, 11) is 0. The lowest BCUT2D eigenvalue weighted by molar-refractivity contribution is -0.134. The summed E-state index contributed by atoms with van der Waals surface area (Å²) in [6.45, 7) is 1.45. The molecule has 8 heteroatoms. The Hall–Kier alpha value is -1.31. The largest absolute Gasteiger partial charge is 0.427 e. The number of piperidine rings is 1. The zero-order chi connectivity index (χ0) is 13.9. The fraction of sp³-hybridized carbons (Fsp3) is 0.636. The number of hydrogen-bond acceptors (Lipinski definition) is 4. The van der Waals surface area contributed by atoms with Crippen LogP contribution in [-0.4, -0.2) is 35.4 Å². The van der Waals surface area contributed by atoms with E-state index >= 15 is 0 Å². The van der Waals surface area contributed by atoms with E-state index in [1.54, 1.807) is 4.90 Å². The quantitative estimate of drug-likeness (QED) is 0.931. The van der Waals surface area contributed by atoms with E-state index in [4.69, 9.17) is 0 Å². The molecule has 1 amide bonds. The molecule has 4 nitrogen and oxygen atoms in total. The minimum absolute atomic E-state index is 0.00912. The zero-order valence-electron chi connectivity index (χ0n) is 10.2. The van der Waals surface area contributed by atoms with Crippen LogP contribution in [0.3, 0.4) is 0 Å². The van der Waals surface area contributed by atoms with E-state index in [1.165, 1.54) is 0 Å². The molecule has 0 bridgehead atoms. The Labute approximate surface area is 112 Å². The number of nitrogens with zero attached hydrogens (tertiary/aromatic N) is 2. The molecule has 0 spiro atoms. The van der Waals surface area contributed by atoms with Gasteiger partial charge < -0.3 is 10.2 Å². The monoisotopic (exact) mass is 293 g/mol. The van der Waals surface area contributed by atoms with Crippen LogP contribution in [0.1, 0.15) is 24.1 Å². The van der Waals surface area contributed by atoms with Gasteiger partial charge in [-0.2, -0.15) is 13.2 Å². The van der Waals surface area contributed by atoms with E-state index in [9.17, 15) is 18.0 Å². The molecule has 1 N–H and O–H groups in total. The van der Waals surface area contributed by atoms with Crippen LogP contribution in [0, 0.1) is 0 Å². The van der Waals surface area contributed by atoms with E-state index in [1.807, 2.05) is 0 Å². The Morgan fingerprint density at radius 2 is 2.05 bits per heavy atom. The zero-order valence-corrected chi connectivity index (χ0v) is 11.0. The average Bonchev–Trinajstić information content (AvgIpc) is 2.86. The summed E-state index contributed by atoms with van der Waals surface area (Å²) in [5.41, 5.74) is 0. The van der Waals surface area contributed by atoms with Crippen molar-refractivity contribution in [3.05, 3.63) is 11.1 Å². The molecule has 0 radical (unpaired) electrons. The second-order valence-corrected chi connectivity index (χ2v) is 5.35. The summed E-state index contributed by atoms with van der Waals surface area (Å²) >= 11 is 0.510. The minimum atomic E-state index is -4.38. The third-order valence-corrected chi connectivity index (χ3v) is 3.88. The molecule has 0 aliphatic carbocycles. The maximum absolute atomic E-state index is 12.4. The maximum atomic E-state index is 12.4. The number of likely N-dealkylation sites (tertiary alicyclic amines) is 1. The Bertz CT molecular complexity index is 441. The Morgan fingerprint density at radius 1 is 1.37 bits per heavy atom. The van der Waals surface area contributed by atoms with Gasteiger partial charge in [0.15, 0.2) is 5.13 Å². The third-order valence-electron chi connectivity index (χ3n) is 2.88. The molecule has 0 saturated carbocycles. The van der Waals surface area contributed by atoms with Gasteiger partial charge in [0.2, 0.25) is 5.91 Å². The number of alkyl halides is 3. The summed E-state index contributed by atoms with van der Waals surface area (Å²) in [6, 6.07) is 0. The highest BCUT2D eigenvalue weighted by molar-refractivity contribution is 7.15. The van der Waals surface area contributed by atoms with Crippen molar-refractivity contribution in [2.45, 2.75) is 25.4 Å². The van der Waals surface area contributed by atoms with Crippen LogP contribution in [0.15, 0.2) is 6.20 Å². The van der Waals surface area contributed by atoms with Crippen LogP contribution in [0.4, 0.5) is 18.3 Å². The van der Waals surface area contributed by atoms with E-state index in [0.29, 0.717) is 11.3 Å². The number of anilines is 1. The van der Waals surface area contributed by atoms with Crippen molar-refractivity contribution in [3.8, 4) is 0 Å². The van der Waals surface area contributed by atoms with Crippen molar-refractivity contribution >= 4 is 22.4 Å². The molecule has 0 atom stereocenters. The molecule has 1 saturated heterocycles. The molecule has 106 valence electrons. The summed E-state index contributed by atoms with van der Waals surface area (Å²) in [6.07, 6.45) is -0.506. The topological polar surface area (TPSA) is 45.2 Å². The summed E-state index contributed by atoms with van der Waals surface area (Å²) in [5, 5.41) is 2.77. The molecule has 1 aromatic rings. The van der Waals surface area contributed by atoms with Crippen LogP contribution in [0.2, 0.25) is 0 Å². The van der Waals surface area contributed by atoms with Gasteiger partial charge in [0.25, 0.3) is 0 Å². The standard InChI is InChI=1S/C11H14F3N3OS/c12-11(13,14)8-6-15-10(19-8)16-7-9(18)17-4-2-1-3-5-17/h6H,1-5,7H2,(H,15,16). The van der Waals surface area contributed by atoms with Gasteiger partial charge in [-0.3, -0.25) is 4.79 Å². The molecular formula is C11H14F3N3OS. The van der Waals surface area contributed by atoms with Crippen molar-refractivity contribution in [3.63, 3.8) is 0 Å². The van der Waals surface area contributed by atoms with Crippen LogP contribution < -0.4 is 5.32 Å². The van der Waals surface area contributed by atoms with Crippen molar-refractivity contribution in [1.29, 1.82) is 0 Å². The molecule has 1 aromatic heterocycles. The molecule has 2 heterocycles. The van der Waals surface area contributed by atoms with Gasteiger partial charge in [-0.1, -0.05) is 11.3 Å². The van der Waals surface area contributed by atoms with E-state index < -0.39 is 11.1 Å². The second-order valence-electron chi connectivity index (χ2n) is 4.32. The predicted octanol–water partition coefficient (Wildman–Crippen LogP) is 2.59. The number of carbonyl (C=O) groups is 1. The van der Waals surface area contributed by atoms with Crippen molar-refractivity contribution < 1.29 is 18.0 Å². The number of thiazole rings is 1. The van der Waals surface area contributed by atoms with E-state index in [2.05, 4.69) is 10.3 Å². The van der Waals surface area contributed by atoms with Gasteiger partial charge >= 0.3 is 6.18 Å². The first-order valence-electron chi connectivity index (χ1n) is 6.01. The fourth-order valence-corrected chi connectivity index (χ4v) is 2.57. The van der Waals surface area contributed by atoms with Gasteiger partial charge in [-0.25, -0.2) is 4.98 Å². The summed E-state index contributed by atoms with van der Waals surface area (Å²) in [4.78, 5) is 16.4. The molecule has 0 aromatic carbocycles. The highest BCUT2D eigenvalue weighted by atomic mass is 32.1. The molecule has 1 aliphatic rings. The Balaban J connectivity index is 1.85. The van der Waals surface area contributed by atoms with Gasteiger partial charge in [0, 0.05) is 13.1 Å². The molecular weight excluding hydrogens is 279 g/mol. The summed E-state index contributed by atoms with van der Waals surface area (Å²) in [5.74, 6) is -0.0940. The third kappa shape index (κ3) is 3.82. The number of aromatic nitrogens is 1. The lowest BCUT2D eigenvalue weighted by Gasteiger charge is -2.26. The number of nitrogens with one attached hydrogen (secondary N) is 1. The van der Waals surface area contributed by atoms with E-state index in [-0.39, 0.29) is 17.6 Å². The number of rotatable bonds is 3. The van der Waals surface area contributed by atoms with E-state index in [0.717, 1.165) is 38.5 Å². The van der Waals surface area contributed by atoms with Gasteiger partial charge in [-0.15, -0.1) is 0 Å². The first kappa shape index (κ1) is 14.1. The number of halogens is 3. The molecule has 2 rings (SSSR count).